The molecule has 0 unspecified atom stereocenters. The molecule has 0 fully saturated rings. The molecule has 0 aliphatic carbocycles. The molecule has 0 saturated carbocycles. The van der Waals surface area contributed by atoms with E-state index in [0.29, 0.717) is 0 Å². The molecule has 3 heteroatoms. The number of hydrogen-bond donors (Lipinski definition) is 0. The topological polar surface area (TPSA) is 35.5 Å². The van der Waals surface area contributed by atoms with E-state index in [4.69, 9.17) is 0 Å². The van der Waals surface area contributed by atoms with E-state index in [0.717, 1.165) is 5.57 Å². The number of rotatable bonds is 3. The van der Waals surface area contributed by atoms with Crippen LogP contribution in [-0.4, -0.2) is 13.1 Å². The van der Waals surface area contributed by atoms with E-state index in [1.165, 1.54) is 19.4 Å². The fourth-order valence-corrected chi connectivity index (χ4v) is 0.391. The van der Waals surface area contributed by atoms with Gasteiger partial charge in [0.25, 0.3) is 0 Å². The first-order valence-electron chi connectivity index (χ1n) is 3.20. The zero-order chi connectivity index (χ0) is 8.69. The normalized spacial score (nSPS) is 11.7. The van der Waals surface area contributed by atoms with Gasteiger partial charge in [-0.15, -0.1) is 0 Å². The van der Waals surface area contributed by atoms with Gasteiger partial charge in [0.1, 0.15) is 0 Å². The van der Waals surface area contributed by atoms with E-state index in [2.05, 4.69) is 9.47 Å². The Kier molecular flexibility index (Phi) is 4.90. The monoisotopic (exact) mass is 156 g/mol. The molecule has 0 aliphatic rings. The zero-order valence-electron chi connectivity index (χ0n) is 6.96. The predicted molar refractivity (Wildman–Crippen MR) is 41.7 cm³/mol. The fraction of sp³-hybridized carbons (Fsp3) is 0.375. The van der Waals surface area contributed by atoms with Crippen molar-refractivity contribution in [3.05, 3.63) is 24.2 Å². The van der Waals surface area contributed by atoms with Gasteiger partial charge in [-0.2, -0.15) is 0 Å². The van der Waals surface area contributed by atoms with Crippen molar-refractivity contribution in [3.63, 3.8) is 0 Å². The maximum atomic E-state index is 10.3. The van der Waals surface area contributed by atoms with E-state index in [1.54, 1.807) is 20.1 Å². The van der Waals surface area contributed by atoms with Gasteiger partial charge in [-0.3, -0.25) is 4.79 Å². The Morgan fingerprint density at radius 3 is 2.45 bits per heavy atom. The predicted octanol–water partition coefficient (Wildman–Crippen LogP) is 1.61. The highest BCUT2D eigenvalue weighted by Gasteiger charge is 1.86. The molecule has 0 N–H and O–H groups in total. The van der Waals surface area contributed by atoms with Gasteiger partial charge < -0.3 is 9.47 Å². The summed E-state index contributed by atoms with van der Waals surface area (Å²) in [6.45, 7) is 3.16. The van der Waals surface area contributed by atoms with Gasteiger partial charge in [-0.05, 0) is 18.6 Å². The van der Waals surface area contributed by atoms with E-state index in [9.17, 15) is 4.79 Å². The Labute approximate surface area is 66.3 Å². The summed E-state index contributed by atoms with van der Waals surface area (Å²) in [5, 5.41) is 0. The fourth-order valence-electron chi connectivity index (χ4n) is 0.391. The molecular weight excluding hydrogens is 144 g/mol. The van der Waals surface area contributed by atoms with Crippen molar-refractivity contribution in [2.45, 2.75) is 13.8 Å². The second-order valence-corrected chi connectivity index (χ2v) is 2.01. The van der Waals surface area contributed by atoms with Crippen molar-refractivity contribution in [1.29, 1.82) is 0 Å². The molecule has 0 aliphatic heterocycles. The highest BCUT2D eigenvalue weighted by Crippen LogP contribution is 1.95. The summed E-state index contributed by atoms with van der Waals surface area (Å²) in [5.74, 6) is -0.324. The summed E-state index contributed by atoms with van der Waals surface area (Å²) in [6, 6.07) is 0. The molecular formula is C8H12O3. The lowest BCUT2D eigenvalue weighted by molar-refractivity contribution is -0.135. The van der Waals surface area contributed by atoms with Gasteiger partial charge in [0.2, 0.25) is 0 Å². The molecule has 0 aromatic heterocycles. The molecule has 0 aromatic rings. The van der Waals surface area contributed by atoms with Crippen molar-refractivity contribution in [1.82, 2.24) is 0 Å². The minimum absolute atomic E-state index is 0.324. The summed E-state index contributed by atoms with van der Waals surface area (Å²) >= 11 is 0. The lowest BCUT2D eigenvalue weighted by Crippen LogP contribution is -1.90. The second-order valence-electron chi connectivity index (χ2n) is 2.01. The molecule has 0 bridgehead atoms. The van der Waals surface area contributed by atoms with Crippen LogP contribution in [0.15, 0.2) is 24.2 Å². The Morgan fingerprint density at radius 1 is 1.36 bits per heavy atom. The summed E-state index contributed by atoms with van der Waals surface area (Å²) in [6.07, 6.45) is 4.58. The molecule has 0 radical (unpaired) electrons. The van der Waals surface area contributed by atoms with Gasteiger partial charge in [0.05, 0.1) is 19.6 Å². The van der Waals surface area contributed by atoms with Crippen LogP contribution >= 0.6 is 0 Å². The van der Waals surface area contributed by atoms with E-state index < -0.39 is 0 Å². The van der Waals surface area contributed by atoms with Crippen molar-refractivity contribution in [2.75, 3.05) is 7.11 Å². The smallest absolute Gasteiger partial charge is 0.307 e. The Bertz CT molecular complexity index is 180. The van der Waals surface area contributed by atoms with Crippen molar-refractivity contribution >= 4 is 5.97 Å². The van der Waals surface area contributed by atoms with Crippen molar-refractivity contribution < 1.29 is 14.3 Å². The van der Waals surface area contributed by atoms with Crippen LogP contribution in [0, 0.1) is 0 Å². The molecule has 0 spiro atoms. The molecule has 0 saturated heterocycles. The molecule has 0 aromatic carbocycles. The average Bonchev–Trinajstić information content (AvgIpc) is 1.97. The first-order valence-corrected chi connectivity index (χ1v) is 3.20. The third kappa shape index (κ3) is 6.64. The highest BCUT2D eigenvalue weighted by atomic mass is 16.5. The van der Waals surface area contributed by atoms with Crippen molar-refractivity contribution in [2.24, 2.45) is 0 Å². The van der Waals surface area contributed by atoms with E-state index >= 15 is 0 Å². The van der Waals surface area contributed by atoms with Crippen LogP contribution in [0.3, 0.4) is 0 Å². The first-order chi connectivity index (χ1) is 5.16. The summed E-state index contributed by atoms with van der Waals surface area (Å²) in [4.78, 5) is 10.3. The van der Waals surface area contributed by atoms with Crippen LogP contribution in [0.4, 0.5) is 0 Å². The summed E-state index contributed by atoms with van der Waals surface area (Å²) in [7, 11) is 1.55. The first kappa shape index (κ1) is 9.75. The zero-order valence-corrected chi connectivity index (χ0v) is 6.96. The minimum atomic E-state index is -0.324. The Balaban J connectivity index is 3.81. The van der Waals surface area contributed by atoms with Gasteiger partial charge in [-0.25, -0.2) is 0 Å². The quantitative estimate of drug-likeness (QED) is 0.354. The highest BCUT2D eigenvalue weighted by molar-refractivity contribution is 5.66. The standard InChI is InChI=1S/C8H12O3/c1-7(4-5-10-3)6-11-8(2)9/h4-6H,1-3H3/b5-4+,7-6+. The molecule has 0 amide bonds. The Morgan fingerprint density at radius 2 is 2.00 bits per heavy atom. The summed E-state index contributed by atoms with van der Waals surface area (Å²) < 4.78 is 9.25. The largest absolute Gasteiger partial charge is 0.504 e. The molecule has 0 atom stereocenters. The van der Waals surface area contributed by atoms with Gasteiger partial charge >= 0.3 is 5.97 Å². The van der Waals surface area contributed by atoms with Crippen LogP contribution in [0.1, 0.15) is 13.8 Å². The number of carbonyl (C=O) groups is 1. The van der Waals surface area contributed by atoms with Gasteiger partial charge in [-0.1, -0.05) is 0 Å². The van der Waals surface area contributed by atoms with Crippen LogP contribution < -0.4 is 0 Å². The van der Waals surface area contributed by atoms with Crippen LogP contribution in [0.25, 0.3) is 0 Å². The van der Waals surface area contributed by atoms with E-state index in [1.807, 2.05) is 0 Å². The van der Waals surface area contributed by atoms with Crippen molar-refractivity contribution in [3.8, 4) is 0 Å². The molecule has 62 valence electrons. The number of hydrogen-bond acceptors (Lipinski definition) is 3. The minimum Gasteiger partial charge on any atom is -0.504 e. The maximum absolute atomic E-state index is 10.3. The molecule has 0 rings (SSSR count). The second kappa shape index (κ2) is 5.53. The Hall–Kier alpha value is -1.25. The summed E-state index contributed by atoms with van der Waals surface area (Å²) in [5.41, 5.74) is 0.821. The lowest BCUT2D eigenvalue weighted by Gasteiger charge is -1.93. The van der Waals surface area contributed by atoms with Crippen LogP contribution in [0.5, 0.6) is 0 Å². The molecule has 0 heterocycles. The molecule has 11 heavy (non-hydrogen) atoms. The van der Waals surface area contributed by atoms with Gasteiger partial charge in [0, 0.05) is 6.92 Å². The lowest BCUT2D eigenvalue weighted by atomic mass is 10.3. The van der Waals surface area contributed by atoms with Crippen LogP contribution in [-0.2, 0) is 14.3 Å². The number of methoxy groups -OCH3 is 1. The number of carbonyl (C=O) groups excluding carboxylic acids is 1. The number of allylic oxidation sites excluding steroid dienone is 2. The SMILES string of the molecule is CO/C=C/C(C)=C/OC(C)=O. The average molecular weight is 156 g/mol. The van der Waals surface area contributed by atoms with Crippen LogP contribution in [0.2, 0.25) is 0 Å². The van der Waals surface area contributed by atoms with Gasteiger partial charge in [0.15, 0.2) is 0 Å². The van der Waals surface area contributed by atoms with E-state index in [-0.39, 0.29) is 5.97 Å². The molecule has 3 nitrogen and oxygen atoms in total. The maximum Gasteiger partial charge on any atom is 0.307 e. The number of ether oxygens (including phenoxy) is 2. The third-order valence-electron chi connectivity index (χ3n) is 0.878. The number of esters is 1. The third-order valence-corrected chi connectivity index (χ3v) is 0.878.